The summed E-state index contributed by atoms with van der Waals surface area (Å²) in [5.41, 5.74) is 0. The van der Waals surface area contributed by atoms with E-state index in [0.29, 0.717) is 19.3 Å². The van der Waals surface area contributed by atoms with Gasteiger partial charge in [-0.2, -0.15) is 0 Å². The van der Waals surface area contributed by atoms with Crippen molar-refractivity contribution in [3.63, 3.8) is 0 Å². The predicted octanol–water partition coefficient (Wildman–Crippen LogP) is 22.8. The highest BCUT2D eigenvalue weighted by Gasteiger charge is 2.19. The van der Waals surface area contributed by atoms with Crippen LogP contribution in [-0.4, -0.2) is 37.2 Å². The summed E-state index contributed by atoms with van der Waals surface area (Å²) in [6.07, 6.45) is 88.4. The number of hydrogen-bond acceptors (Lipinski definition) is 6. The average molecular weight is 1090 g/mol. The largest absolute Gasteiger partial charge is 0.462 e. The number of unbranched alkanes of at least 4 members (excludes halogenated alkanes) is 33. The first-order chi connectivity index (χ1) is 38.5. The smallest absolute Gasteiger partial charge is 0.306 e. The van der Waals surface area contributed by atoms with Gasteiger partial charge in [0, 0.05) is 19.3 Å². The van der Waals surface area contributed by atoms with E-state index in [1.807, 2.05) is 0 Å². The number of rotatable bonds is 60. The summed E-state index contributed by atoms with van der Waals surface area (Å²) in [6, 6.07) is 0. The zero-order valence-electron chi connectivity index (χ0n) is 51.4. The van der Waals surface area contributed by atoms with E-state index in [9.17, 15) is 14.4 Å². The molecule has 78 heavy (non-hydrogen) atoms. The summed E-state index contributed by atoms with van der Waals surface area (Å²) >= 11 is 0. The molecule has 0 saturated carbocycles. The molecule has 1 atom stereocenters. The van der Waals surface area contributed by atoms with Crippen LogP contribution in [0.4, 0.5) is 0 Å². The van der Waals surface area contributed by atoms with E-state index in [1.165, 1.54) is 154 Å². The molecule has 0 saturated heterocycles. The minimum absolute atomic E-state index is 0.0854. The Morgan fingerprint density at radius 2 is 0.500 bits per heavy atom. The first kappa shape index (κ1) is 74.3. The third kappa shape index (κ3) is 63.2. The van der Waals surface area contributed by atoms with Crippen LogP contribution in [0.25, 0.3) is 0 Å². The molecule has 0 aliphatic rings. The van der Waals surface area contributed by atoms with E-state index < -0.39 is 6.10 Å². The van der Waals surface area contributed by atoms with E-state index in [-0.39, 0.29) is 31.1 Å². The van der Waals surface area contributed by atoms with Gasteiger partial charge in [0.2, 0.25) is 0 Å². The van der Waals surface area contributed by atoms with Crippen molar-refractivity contribution in [1.29, 1.82) is 0 Å². The van der Waals surface area contributed by atoms with Crippen molar-refractivity contribution in [2.24, 2.45) is 0 Å². The summed E-state index contributed by atoms with van der Waals surface area (Å²) in [7, 11) is 0. The molecule has 6 heteroatoms. The van der Waals surface area contributed by atoms with Crippen LogP contribution < -0.4 is 0 Å². The fourth-order valence-corrected chi connectivity index (χ4v) is 9.36. The molecule has 6 nitrogen and oxygen atoms in total. The van der Waals surface area contributed by atoms with Crippen molar-refractivity contribution in [1.82, 2.24) is 0 Å². The number of hydrogen-bond donors (Lipinski definition) is 0. The Kier molecular flexibility index (Phi) is 62.7. The first-order valence-corrected chi connectivity index (χ1v) is 33.2. The zero-order chi connectivity index (χ0) is 56.4. The van der Waals surface area contributed by atoms with Gasteiger partial charge in [-0.25, -0.2) is 0 Å². The van der Waals surface area contributed by atoms with Crippen molar-refractivity contribution in [3.8, 4) is 0 Å². The molecule has 0 heterocycles. The molecular formula is C72H124O6. The van der Waals surface area contributed by atoms with Crippen molar-refractivity contribution >= 4 is 17.9 Å². The van der Waals surface area contributed by atoms with Crippen LogP contribution in [0, 0.1) is 0 Å². The molecule has 0 aromatic rings. The van der Waals surface area contributed by atoms with Gasteiger partial charge in [-0.1, -0.05) is 298 Å². The monoisotopic (exact) mass is 1080 g/mol. The Labute approximate surface area is 483 Å². The maximum atomic E-state index is 12.9. The Morgan fingerprint density at radius 3 is 0.795 bits per heavy atom. The van der Waals surface area contributed by atoms with E-state index in [2.05, 4.69) is 118 Å². The van der Waals surface area contributed by atoms with E-state index >= 15 is 0 Å². The Balaban J connectivity index is 4.39. The van der Waals surface area contributed by atoms with Crippen molar-refractivity contribution < 1.29 is 28.6 Å². The topological polar surface area (TPSA) is 78.9 Å². The molecule has 0 radical (unpaired) electrons. The fourth-order valence-electron chi connectivity index (χ4n) is 9.36. The van der Waals surface area contributed by atoms with E-state index in [1.54, 1.807) is 0 Å². The molecule has 0 rings (SSSR count). The van der Waals surface area contributed by atoms with Crippen LogP contribution in [0.1, 0.15) is 323 Å². The lowest BCUT2D eigenvalue weighted by Gasteiger charge is -2.18. The molecule has 0 aromatic carbocycles. The Morgan fingerprint density at radius 1 is 0.269 bits per heavy atom. The van der Waals surface area contributed by atoms with Crippen LogP contribution in [0.2, 0.25) is 0 Å². The summed E-state index contributed by atoms with van der Waals surface area (Å²) in [5.74, 6) is -0.898. The third-order valence-electron chi connectivity index (χ3n) is 14.3. The number of esters is 3. The standard InChI is InChI=1S/C72H124O6/c1-4-7-10-13-16-19-22-25-28-31-32-33-34-35-36-37-38-39-40-42-44-47-50-53-56-59-62-65-71(74)77-68-69(67-76-70(73)64-61-58-55-52-49-46-43-30-27-24-21-18-15-12-9-6-3)78-72(75)66-63-60-57-54-51-48-45-41-29-26-23-20-17-14-11-8-5-2/h7,10,16,19,25,28,30,32-33,35-36,38-39,42-44,69H,4-6,8-9,11-15,17-18,20-24,26-27,29,31,34,37,40-41,45-68H2,1-3H3/b10-7-,19-16-,28-25-,33-32-,36-35-,39-38-,43-30-,44-42-. The van der Waals surface area contributed by atoms with Crippen molar-refractivity contribution in [3.05, 3.63) is 97.2 Å². The SMILES string of the molecule is CC/C=C\C/C=C\C/C=C\C/C=C\C/C=C\C/C=C\C/C=C\CCCCCCCC(=O)OCC(COC(=O)CCCCCCC/C=C\CCCCCCCCC)OC(=O)CCCCCCCCCCCCCCCCCCC. The Hall–Kier alpha value is -3.67. The molecule has 1 unspecified atom stereocenters. The maximum Gasteiger partial charge on any atom is 0.306 e. The second-order valence-corrected chi connectivity index (χ2v) is 22.0. The molecule has 0 N–H and O–H groups in total. The lowest BCUT2D eigenvalue weighted by atomic mass is 10.0. The highest BCUT2D eigenvalue weighted by molar-refractivity contribution is 5.71. The van der Waals surface area contributed by atoms with Crippen molar-refractivity contribution in [2.75, 3.05) is 13.2 Å². The molecule has 0 aromatic heterocycles. The van der Waals surface area contributed by atoms with Gasteiger partial charge in [0.15, 0.2) is 6.10 Å². The second-order valence-electron chi connectivity index (χ2n) is 22.0. The molecule has 0 aliphatic heterocycles. The minimum Gasteiger partial charge on any atom is -0.462 e. The van der Waals surface area contributed by atoms with Crippen LogP contribution in [0.15, 0.2) is 97.2 Å². The zero-order valence-corrected chi connectivity index (χ0v) is 51.4. The van der Waals surface area contributed by atoms with Crippen molar-refractivity contribution in [2.45, 2.75) is 329 Å². The van der Waals surface area contributed by atoms with E-state index in [0.717, 1.165) is 128 Å². The highest BCUT2D eigenvalue weighted by Crippen LogP contribution is 2.17. The van der Waals surface area contributed by atoms with Crippen LogP contribution >= 0.6 is 0 Å². The Bertz CT molecular complexity index is 1530. The third-order valence-corrected chi connectivity index (χ3v) is 14.3. The van der Waals surface area contributed by atoms with Gasteiger partial charge in [-0.15, -0.1) is 0 Å². The van der Waals surface area contributed by atoms with E-state index in [4.69, 9.17) is 14.2 Å². The number of ether oxygens (including phenoxy) is 3. The summed E-state index contributed by atoms with van der Waals surface area (Å²) < 4.78 is 16.9. The molecular weight excluding hydrogens is 961 g/mol. The van der Waals surface area contributed by atoms with Gasteiger partial charge in [0.1, 0.15) is 13.2 Å². The first-order valence-electron chi connectivity index (χ1n) is 33.2. The molecule has 0 fully saturated rings. The van der Waals surface area contributed by atoms with Crippen LogP contribution in [0.5, 0.6) is 0 Å². The van der Waals surface area contributed by atoms with Gasteiger partial charge >= 0.3 is 17.9 Å². The molecule has 0 aliphatic carbocycles. The number of allylic oxidation sites excluding steroid dienone is 16. The van der Waals surface area contributed by atoms with Gasteiger partial charge in [0.05, 0.1) is 0 Å². The second kappa shape index (κ2) is 65.8. The van der Waals surface area contributed by atoms with Gasteiger partial charge < -0.3 is 14.2 Å². The lowest BCUT2D eigenvalue weighted by molar-refractivity contribution is -0.167. The summed E-state index contributed by atoms with van der Waals surface area (Å²) in [5, 5.41) is 0. The lowest BCUT2D eigenvalue weighted by Crippen LogP contribution is -2.30. The van der Waals surface area contributed by atoms with Gasteiger partial charge in [-0.05, 0) is 103 Å². The minimum atomic E-state index is -0.789. The molecule has 448 valence electrons. The molecule has 0 amide bonds. The summed E-state index contributed by atoms with van der Waals surface area (Å²) in [6.45, 7) is 6.54. The molecule has 0 bridgehead atoms. The normalized spacial score (nSPS) is 12.7. The van der Waals surface area contributed by atoms with Crippen LogP contribution in [-0.2, 0) is 28.6 Å². The fraction of sp³-hybridized carbons (Fsp3) is 0.736. The van der Waals surface area contributed by atoms with Gasteiger partial charge in [-0.3, -0.25) is 14.4 Å². The average Bonchev–Trinajstić information content (AvgIpc) is 3.44. The van der Waals surface area contributed by atoms with Crippen LogP contribution in [0.3, 0.4) is 0 Å². The predicted molar refractivity (Wildman–Crippen MR) is 339 cm³/mol. The number of carbonyl (C=O) groups excluding carboxylic acids is 3. The quantitative estimate of drug-likeness (QED) is 0.0261. The van der Waals surface area contributed by atoms with Gasteiger partial charge in [0.25, 0.3) is 0 Å². The summed E-state index contributed by atoms with van der Waals surface area (Å²) in [4.78, 5) is 38.4. The maximum absolute atomic E-state index is 12.9. The molecule has 0 spiro atoms. The highest BCUT2D eigenvalue weighted by atomic mass is 16.6. The number of carbonyl (C=O) groups is 3.